The highest BCUT2D eigenvalue weighted by molar-refractivity contribution is 5.90. The lowest BCUT2D eigenvalue weighted by molar-refractivity contribution is -0.383. The molecule has 0 aliphatic rings. The van der Waals surface area contributed by atoms with Gasteiger partial charge < -0.3 is 14.8 Å². The van der Waals surface area contributed by atoms with Gasteiger partial charge in [-0.3, -0.25) is 15.4 Å². The van der Waals surface area contributed by atoms with Crippen LogP contribution in [0.3, 0.4) is 0 Å². The first-order valence-electron chi connectivity index (χ1n) is 8.46. The Balaban J connectivity index is 2.45. The van der Waals surface area contributed by atoms with Gasteiger partial charge in [0.25, 0.3) is 0 Å². The Hall–Kier alpha value is -3.94. The van der Waals surface area contributed by atoms with Crippen LogP contribution in [0.2, 0.25) is 0 Å². The second-order valence-electron chi connectivity index (χ2n) is 6.89. The first-order valence-corrected chi connectivity index (χ1v) is 8.46. The first-order chi connectivity index (χ1) is 13.5. The van der Waals surface area contributed by atoms with Gasteiger partial charge in [0.15, 0.2) is 5.75 Å². The zero-order chi connectivity index (χ0) is 21.8. The third-order valence-corrected chi connectivity index (χ3v) is 3.42. The number of aryl methyl sites for hydroxylation is 1. The van der Waals surface area contributed by atoms with Gasteiger partial charge in [-0.1, -0.05) is 0 Å². The Kier molecular flexibility index (Phi) is 6.18. The van der Waals surface area contributed by atoms with E-state index in [4.69, 9.17) is 14.7 Å². The normalized spacial score (nSPS) is 10.6. The predicted molar refractivity (Wildman–Crippen MR) is 104 cm³/mol. The Bertz CT molecular complexity index is 993. The highest BCUT2D eigenvalue weighted by Gasteiger charge is 2.26. The molecule has 2 aromatic rings. The Morgan fingerprint density at radius 1 is 1.34 bits per heavy atom. The molecule has 11 heteroatoms. The van der Waals surface area contributed by atoms with Crippen LogP contribution in [0.5, 0.6) is 11.6 Å². The van der Waals surface area contributed by atoms with Crippen molar-refractivity contribution in [2.24, 2.45) is 0 Å². The lowest BCUT2D eigenvalue weighted by Gasteiger charge is -2.20. The van der Waals surface area contributed by atoms with Crippen LogP contribution in [0, 0.1) is 28.4 Å². The highest BCUT2D eigenvalue weighted by Crippen LogP contribution is 2.36. The molecular formula is C18H20N6O5. The van der Waals surface area contributed by atoms with Gasteiger partial charge in [0.05, 0.1) is 11.1 Å². The van der Waals surface area contributed by atoms with E-state index in [0.717, 1.165) is 0 Å². The van der Waals surface area contributed by atoms with Gasteiger partial charge in [0.1, 0.15) is 23.1 Å². The molecule has 0 aliphatic heterocycles. The molecule has 0 radical (unpaired) electrons. The molecule has 0 saturated heterocycles. The van der Waals surface area contributed by atoms with Crippen LogP contribution in [0.15, 0.2) is 18.3 Å². The van der Waals surface area contributed by atoms with E-state index in [1.54, 1.807) is 27.7 Å². The summed E-state index contributed by atoms with van der Waals surface area (Å²) in [4.78, 5) is 31.0. The van der Waals surface area contributed by atoms with Crippen molar-refractivity contribution in [3.63, 3.8) is 0 Å². The number of aromatic nitrogens is 2. The van der Waals surface area contributed by atoms with Crippen LogP contribution in [0.25, 0.3) is 0 Å². The Morgan fingerprint density at radius 3 is 2.55 bits per heavy atom. The summed E-state index contributed by atoms with van der Waals surface area (Å²) in [6.07, 6.45) is 0.479. The molecule has 0 saturated carbocycles. The molecule has 11 nitrogen and oxygen atoms in total. The average molecular weight is 400 g/mol. The highest BCUT2D eigenvalue weighted by atomic mass is 16.6. The van der Waals surface area contributed by atoms with Crippen molar-refractivity contribution >= 4 is 23.3 Å². The van der Waals surface area contributed by atoms with Gasteiger partial charge in [-0.2, -0.15) is 10.2 Å². The van der Waals surface area contributed by atoms with Gasteiger partial charge in [0.2, 0.25) is 11.7 Å². The van der Waals surface area contributed by atoms with Crippen LogP contribution in [-0.2, 0) is 4.74 Å². The lowest BCUT2D eigenvalue weighted by Crippen LogP contribution is -2.27. The topological polar surface area (TPSA) is 152 Å². The molecule has 0 atom stereocenters. The van der Waals surface area contributed by atoms with Crippen LogP contribution >= 0.6 is 0 Å². The van der Waals surface area contributed by atoms with Crippen molar-refractivity contribution in [2.75, 3.05) is 17.7 Å². The number of nitrogens with zero attached hydrogens (tertiary/aromatic N) is 4. The second kappa shape index (κ2) is 8.39. The number of pyridine rings is 2. The zero-order valence-corrected chi connectivity index (χ0v) is 16.6. The summed E-state index contributed by atoms with van der Waals surface area (Å²) in [5.41, 5.74) is -0.556. The van der Waals surface area contributed by atoms with Gasteiger partial charge in [-0.05, 0) is 39.3 Å². The van der Waals surface area contributed by atoms with Gasteiger partial charge >= 0.3 is 11.8 Å². The second-order valence-corrected chi connectivity index (χ2v) is 6.89. The van der Waals surface area contributed by atoms with Gasteiger partial charge in [-0.15, -0.1) is 0 Å². The van der Waals surface area contributed by atoms with Gasteiger partial charge in [0, 0.05) is 13.1 Å². The molecule has 0 bridgehead atoms. The number of anilines is 2. The number of nitrogens with one attached hydrogen (secondary N) is 2. The molecule has 0 aliphatic carbocycles. The van der Waals surface area contributed by atoms with Crippen molar-refractivity contribution in [1.82, 2.24) is 9.97 Å². The fourth-order valence-corrected chi connectivity index (χ4v) is 2.26. The van der Waals surface area contributed by atoms with Crippen LogP contribution in [-0.4, -0.2) is 33.6 Å². The van der Waals surface area contributed by atoms with Crippen molar-refractivity contribution in [1.29, 1.82) is 5.26 Å². The third kappa shape index (κ3) is 5.52. The van der Waals surface area contributed by atoms with Crippen LogP contribution in [0.4, 0.5) is 22.0 Å². The third-order valence-electron chi connectivity index (χ3n) is 3.42. The fraction of sp³-hybridized carbons (Fsp3) is 0.333. The van der Waals surface area contributed by atoms with Crippen molar-refractivity contribution in [3.8, 4) is 17.7 Å². The number of carbonyl (C=O) groups is 1. The summed E-state index contributed by atoms with van der Waals surface area (Å²) in [5, 5.41) is 25.4. The molecule has 0 spiro atoms. The fourth-order valence-electron chi connectivity index (χ4n) is 2.26. The molecule has 0 unspecified atom stereocenters. The van der Waals surface area contributed by atoms with Crippen molar-refractivity contribution in [2.45, 2.75) is 33.3 Å². The van der Waals surface area contributed by atoms with E-state index in [0.29, 0.717) is 11.3 Å². The first kappa shape index (κ1) is 21.4. The van der Waals surface area contributed by atoms with E-state index in [1.807, 2.05) is 6.07 Å². The maximum absolute atomic E-state index is 12.1. The van der Waals surface area contributed by atoms with Crippen molar-refractivity contribution in [3.05, 3.63) is 39.7 Å². The number of hydrogen-bond donors (Lipinski definition) is 2. The number of rotatable bonds is 5. The number of nitriles is 1. The predicted octanol–water partition coefficient (Wildman–Crippen LogP) is 3.75. The molecule has 2 N–H and O–H groups in total. The molecule has 2 aromatic heterocycles. The maximum atomic E-state index is 12.1. The number of hydrogen-bond acceptors (Lipinski definition) is 9. The molecule has 152 valence electrons. The molecule has 1 amide bonds. The van der Waals surface area contributed by atoms with E-state index in [9.17, 15) is 14.9 Å². The summed E-state index contributed by atoms with van der Waals surface area (Å²) in [6.45, 7) is 6.72. The summed E-state index contributed by atoms with van der Waals surface area (Å²) in [6, 6.07) is 4.65. The molecular weight excluding hydrogens is 380 g/mol. The van der Waals surface area contributed by atoms with E-state index >= 15 is 0 Å². The minimum atomic E-state index is -0.865. The lowest BCUT2D eigenvalue weighted by atomic mass is 10.2. The van der Waals surface area contributed by atoms with Gasteiger partial charge in [-0.25, -0.2) is 9.78 Å². The largest absolute Gasteiger partial charge is 0.444 e. The smallest absolute Gasteiger partial charge is 0.412 e. The van der Waals surface area contributed by atoms with E-state index in [1.165, 1.54) is 25.4 Å². The van der Waals surface area contributed by atoms with Crippen LogP contribution in [0.1, 0.15) is 32.0 Å². The summed E-state index contributed by atoms with van der Waals surface area (Å²) < 4.78 is 10.8. The summed E-state index contributed by atoms with van der Waals surface area (Å²) in [5.74, 6) is 0.161. The quantitative estimate of drug-likeness (QED) is 0.564. The summed E-state index contributed by atoms with van der Waals surface area (Å²) >= 11 is 0. The number of carbonyl (C=O) groups excluding carboxylic acids is 1. The maximum Gasteiger partial charge on any atom is 0.412 e. The van der Waals surface area contributed by atoms with E-state index in [-0.39, 0.29) is 23.1 Å². The monoisotopic (exact) mass is 400 g/mol. The minimum absolute atomic E-state index is 0.0272. The van der Waals surface area contributed by atoms with Crippen LogP contribution < -0.4 is 15.4 Å². The average Bonchev–Trinajstić information content (AvgIpc) is 2.60. The molecule has 29 heavy (non-hydrogen) atoms. The Labute approximate surface area is 166 Å². The molecule has 2 heterocycles. The molecule has 2 rings (SSSR count). The van der Waals surface area contributed by atoms with E-state index in [2.05, 4.69) is 20.6 Å². The molecule has 0 aromatic carbocycles. The number of amides is 1. The van der Waals surface area contributed by atoms with E-state index < -0.39 is 22.3 Å². The Morgan fingerprint density at radius 2 is 2.03 bits per heavy atom. The standard InChI is InChI=1S/C18H20N6O5/c1-10-6-11(8-19)21-9-13(10)28-14-7-12(22-17(25)29-18(2,3)4)15(24(26)27)16(20-5)23-14/h6-7,9H,1-5H3,(H2,20,22,23,25). The number of nitro groups is 1. The number of ether oxygens (including phenoxy) is 2. The zero-order valence-electron chi connectivity index (χ0n) is 16.6. The minimum Gasteiger partial charge on any atom is -0.444 e. The molecule has 0 fully saturated rings. The SMILES string of the molecule is CNc1nc(Oc2cnc(C#N)cc2C)cc(NC(=O)OC(C)(C)C)c1[N+](=O)[O-]. The summed E-state index contributed by atoms with van der Waals surface area (Å²) in [7, 11) is 1.45. The van der Waals surface area contributed by atoms with Crippen molar-refractivity contribution < 1.29 is 19.2 Å².